The lowest BCUT2D eigenvalue weighted by atomic mass is 9.92. The van der Waals surface area contributed by atoms with Crippen LogP contribution < -0.4 is 5.32 Å². The van der Waals surface area contributed by atoms with Crippen LogP contribution in [-0.2, 0) is 4.74 Å². The van der Waals surface area contributed by atoms with Crippen LogP contribution in [-0.4, -0.2) is 50.8 Å². The van der Waals surface area contributed by atoms with Gasteiger partial charge in [-0.15, -0.1) is 0 Å². The van der Waals surface area contributed by atoms with Crippen molar-refractivity contribution in [3.8, 4) is 0 Å². The van der Waals surface area contributed by atoms with Gasteiger partial charge in [0.1, 0.15) is 0 Å². The van der Waals surface area contributed by atoms with Gasteiger partial charge in [-0.1, -0.05) is 0 Å². The van der Waals surface area contributed by atoms with Gasteiger partial charge < -0.3 is 15.0 Å². The van der Waals surface area contributed by atoms with Crippen LogP contribution in [0.3, 0.4) is 0 Å². The Labute approximate surface area is 111 Å². The molecule has 0 bridgehead atoms. The van der Waals surface area contributed by atoms with Gasteiger partial charge in [0.15, 0.2) is 0 Å². The molecule has 3 rings (SSSR count). The van der Waals surface area contributed by atoms with E-state index in [0.29, 0.717) is 6.10 Å². The highest BCUT2D eigenvalue weighted by Crippen LogP contribution is 2.58. The molecule has 2 aliphatic heterocycles. The van der Waals surface area contributed by atoms with E-state index in [1.807, 2.05) is 0 Å². The third kappa shape index (κ3) is 2.89. The van der Waals surface area contributed by atoms with Gasteiger partial charge in [-0.3, -0.25) is 0 Å². The normalized spacial score (nSPS) is 35.0. The summed E-state index contributed by atoms with van der Waals surface area (Å²) in [6.45, 7) is 5.90. The van der Waals surface area contributed by atoms with Crippen LogP contribution in [0.2, 0.25) is 0 Å². The molecule has 2 unspecified atom stereocenters. The minimum atomic E-state index is 0.506. The lowest BCUT2D eigenvalue weighted by Crippen LogP contribution is -2.36. The Hall–Kier alpha value is -0.120. The van der Waals surface area contributed by atoms with Crippen LogP contribution in [0.15, 0.2) is 0 Å². The van der Waals surface area contributed by atoms with E-state index in [1.54, 1.807) is 0 Å². The maximum atomic E-state index is 5.84. The molecule has 0 aromatic rings. The number of ether oxygens (including phenoxy) is 1. The van der Waals surface area contributed by atoms with E-state index in [2.05, 4.69) is 17.3 Å². The molecular formula is C15H28N2O. The van der Waals surface area contributed by atoms with Gasteiger partial charge in [0.05, 0.1) is 6.10 Å². The van der Waals surface area contributed by atoms with Crippen molar-refractivity contribution in [1.82, 2.24) is 10.2 Å². The molecule has 2 atom stereocenters. The Morgan fingerprint density at radius 1 is 1.22 bits per heavy atom. The molecule has 104 valence electrons. The molecular weight excluding hydrogens is 224 g/mol. The number of hydrogen-bond donors (Lipinski definition) is 1. The summed E-state index contributed by atoms with van der Waals surface area (Å²) in [5.74, 6) is 0.966. The summed E-state index contributed by atoms with van der Waals surface area (Å²) in [7, 11) is 2.28. The van der Waals surface area contributed by atoms with Gasteiger partial charge in [-0.05, 0) is 70.0 Å². The quantitative estimate of drug-likeness (QED) is 0.827. The van der Waals surface area contributed by atoms with Gasteiger partial charge >= 0.3 is 0 Å². The van der Waals surface area contributed by atoms with Gasteiger partial charge in [0, 0.05) is 19.7 Å². The highest BCUT2D eigenvalue weighted by Gasteiger charge is 2.53. The fourth-order valence-electron chi connectivity index (χ4n) is 3.98. The number of nitrogens with zero attached hydrogens (tertiary/aromatic N) is 1. The molecule has 1 spiro atoms. The molecule has 3 aliphatic rings. The molecule has 3 fully saturated rings. The minimum absolute atomic E-state index is 0.506. The molecule has 0 radical (unpaired) electrons. The number of likely N-dealkylation sites (N-methyl/N-ethyl adjacent to an activating group) is 1. The van der Waals surface area contributed by atoms with Crippen molar-refractivity contribution < 1.29 is 4.74 Å². The lowest BCUT2D eigenvalue weighted by molar-refractivity contribution is -0.00266. The summed E-state index contributed by atoms with van der Waals surface area (Å²) >= 11 is 0. The molecule has 0 aromatic carbocycles. The largest absolute Gasteiger partial charge is 0.377 e. The van der Waals surface area contributed by atoms with Crippen molar-refractivity contribution in [2.45, 2.75) is 44.6 Å². The fourth-order valence-corrected chi connectivity index (χ4v) is 3.98. The predicted octanol–water partition coefficient (Wildman–Crippen LogP) is 1.88. The van der Waals surface area contributed by atoms with E-state index < -0.39 is 0 Å². The summed E-state index contributed by atoms with van der Waals surface area (Å²) in [5, 5.41) is 3.49. The zero-order chi connectivity index (χ0) is 12.4. The van der Waals surface area contributed by atoms with Crippen molar-refractivity contribution in [1.29, 1.82) is 0 Å². The maximum absolute atomic E-state index is 5.84. The fraction of sp³-hybridized carbons (Fsp3) is 1.00. The summed E-state index contributed by atoms with van der Waals surface area (Å²) in [4.78, 5) is 2.53. The first kappa shape index (κ1) is 12.9. The molecule has 2 heterocycles. The summed E-state index contributed by atoms with van der Waals surface area (Å²) in [5.41, 5.74) is 0.729. The Morgan fingerprint density at radius 2 is 2.06 bits per heavy atom. The van der Waals surface area contributed by atoms with E-state index in [1.165, 1.54) is 58.2 Å². The average molecular weight is 252 g/mol. The van der Waals surface area contributed by atoms with Crippen LogP contribution >= 0.6 is 0 Å². The Kier molecular flexibility index (Phi) is 3.92. The zero-order valence-corrected chi connectivity index (χ0v) is 11.8. The number of nitrogens with one attached hydrogen (secondary N) is 1. The van der Waals surface area contributed by atoms with Gasteiger partial charge in [-0.2, -0.15) is 0 Å². The molecule has 18 heavy (non-hydrogen) atoms. The van der Waals surface area contributed by atoms with Crippen LogP contribution in [0.25, 0.3) is 0 Å². The van der Waals surface area contributed by atoms with E-state index in [-0.39, 0.29) is 0 Å². The van der Waals surface area contributed by atoms with Crippen LogP contribution in [0, 0.1) is 11.3 Å². The highest BCUT2D eigenvalue weighted by atomic mass is 16.5. The summed E-state index contributed by atoms with van der Waals surface area (Å²) in [6, 6.07) is 0. The molecule has 3 nitrogen and oxygen atoms in total. The van der Waals surface area contributed by atoms with Gasteiger partial charge in [-0.25, -0.2) is 0 Å². The number of rotatable bonds is 4. The predicted molar refractivity (Wildman–Crippen MR) is 73.7 cm³/mol. The van der Waals surface area contributed by atoms with E-state index >= 15 is 0 Å². The van der Waals surface area contributed by atoms with Crippen molar-refractivity contribution in [3.05, 3.63) is 0 Å². The first-order valence-corrected chi connectivity index (χ1v) is 7.79. The topological polar surface area (TPSA) is 24.5 Å². The minimum Gasteiger partial charge on any atom is -0.377 e. The van der Waals surface area contributed by atoms with Crippen molar-refractivity contribution in [2.24, 2.45) is 11.3 Å². The lowest BCUT2D eigenvalue weighted by Gasteiger charge is -2.29. The third-order valence-electron chi connectivity index (χ3n) is 5.28. The average Bonchev–Trinajstić information content (AvgIpc) is 3.02. The maximum Gasteiger partial charge on any atom is 0.0701 e. The van der Waals surface area contributed by atoms with Gasteiger partial charge in [0.25, 0.3) is 0 Å². The molecule has 1 aliphatic carbocycles. The molecule has 0 amide bonds. The molecule has 1 saturated carbocycles. The molecule has 0 aromatic heterocycles. The zero-order valence-electron chi connectivity index (χ0n) is 11.8. The first-order valence-electron chi connectivity index (χ1n) is 7.79. The van der Waals surface area contributed by atoms with Gasteiger partial charge in [0.2, 0.25) is 0 Å². The SMILES string of the molecule is CN(CC1CCCCO1)CC1CC12CCNCC2. The summed E-state index contributed by atoms with van der Waals surface area (Å²) < 4.78 is 5.84. The van der Waals surface area contributed by atoms with Crippen LogP contribution in [0.4, 0.5) is 0 Å². The third-order valence-corrected chi connectivity index (χ3v) is 5.28. The second-order valence-electron chi connectivity index (χ2n) is 6.72. The van der Waals surface area contributed by atoms with E-state index in [0.717, 1.165) is 24.5 Å². The highest BCUT2D eigenvalue weighted by molar-refractivity contribution is 5.05. The molecule has 2 saturated heterocycles. The Balaban J connectivity index is 1.40. The molecule has 3 heteroatoms. The van der Waals surface area contributed by atoms with E-state index in [9.17, 15) is 0 Å². The second-order valence-corrected chi connectivity index (χ2v) is 6.72. The van der Waals surface area contributed by atoms with Crippen LogP contribution in [0.5, 0.6) is 0 Å². The monoisotopic (exact) mass is 252 g/mol. The van der Waals surface area contributed by atoms with Crippen molar-refractivity contribution in [3.63, 3.8) is 0 Å². The van der Waals surface area contributed by atoms with Crippen molar-refractivity contribution in [2.75, 3.05) is 39.8 Å². The number of hydrogen-bond acceptors (Lipinski definition) is 3. The standard InChI is InChI=1S/C15H28N2O/c1-17(12-14-4-2-3-9-18-14)11-13-10-15(13)5-7-16-8-6-15/h13-14,16H,2-12H2,1H3. The molecule has 1 N–H and O–H groups in total. The first-order chi connectivity index (χ1) is 8.78. The smallest absolute Gasteiger partial charge is 0.0701 e. The second kappa shape index (κ2) is 5.48. The Bertz CT molecular complexity index is 270. The Morgan fingerprint density at radius 3 is 2.78 bits per heavy atom. The number of piperidine rings is 1. The van der Waals surface area contributed by atoms with Crippen molar-refractivity contribution >= 4 is 0 Å². The van der Waals surface area contributed by atoms with E-state index in [4.69, 9.17) is 4.74 Å². The van der Waals surface area contributed by atoms with Crippen LogP contribution in [0.1, 0.15) is 38.5 Å². The summed E-state index contributed by atoms with van der Waals surface area (Å²) in [6.07, 6.45) is 8.69.